The summed E-state index contributed by atoms with van der Waals surface area (Å²) < 4.78 is 0. The van der Waals surface area contributed by atoms with Crippen molar-refractivity contribution in [3.05, 3.63) is 34.9 Å². The maximum atomic E-state index is 11.9. The number of carbonyl (C=O) groups excluding carboxylic acids is 1. The van der Waals surface area contributed by atoms with Gasteiger partial charge in [-0.05, 0) is 24.0 Å². The van der Waals surface area contributed by atoms with Crippen LogP contribution in [0.2, 0.25) is 5.02 Å². The maximum Gasteiger partial charge on any atom is 0.305 e. The molecule has 19 heavy (non-hydrogen) atoms. The topological polar surface area (TPSA) is 66.4 Å². The lowest BCUT2D eigenvalue weighted by molar-refractivity contribution is -0.137. The van der Waals surface area contributed by atoms with Gasteiger partial charge in [0, 0.05) is 10.9 Å². The van der Waals surface area contributed by atoms with Gasteiger partial charge < -0.3 is 10.4 Å². The minimum Gasteiger partial charge on any atom is -0.481 e. The lowest BCUT2D eigenvalue weighted by atomic mass is 10.0. The molecule has 0 radical (unpaired) electrons. The predicted octanol–water partition coefficient (Wildman–Crippen LogP) is 2.63. The number of hydrogen-bond donors (Lipinski definition) is 2. The van der Waals surface area contributed by atoms with Crippen molar-refractivity contribution in [2.75, 3.05) is 0 Å². The number of carbonyl (C=O) groups is 2. The SMILES string of the molecule is C[C@@H]1C[C@H]1C(=O)N[C@@H](CC(=O)O)c1ccccc1Cl. The summed E-state index contributed by atoms with van der Waals surface area (Å²) in [5.41, 5.74) is 0.646. The number of aliphatic carboxylic acids is 1. The third kappa shape index (κ3) is 3.47. The molecular formula is C14H16ClNO3. The zero-order chi connectivity index (χ0) is 14.0. The van der Waals surface area contributed by atoms with E-state index in [2.05, 4.69) is 5.32 Å². The molecule has 2 N–H and O–H groups in total. The Kier molecular flexibility index (Phi) is 4.10. The third-order valence-electron chi connectivity index (χ3n) is 3.42. The maximum absolute atomic E-state index is 11.9. The van der Waals surface area contributed by atoms with Crippen LogP contribution < -0.4 is 5.32 Å². The Morgan fingerprint density at radius 1 is 1.47 bits per heavy atom. The second-order valence-electron chi connectivity index (χ2n) is 5.00. The Hall–Kier alpha value is -1.55. The Bertz CT molecular complexity index is 503. The molecule has 102 valence electrons. The molecule has 1 aromatic rings. The van der Waals surface area contributed by atoms with Crippen LogP contribution in [0.4, 0.5) is 0 Å². The molecule has 0 aromatic heterocycles. The summed E-state index contributed by atoms with van der Waals surface area (Å²) in [4.78, 5) is 22.9. The first-order valence-corrected chi connectivity index (χ1v) is 6.63. The normalized spacial score (nSPS) is 22.6. The van der Waals surface area contributed by atoms with E-state index in [1.54, 1.807) is 24.3 Å². The summed E-state index contributed by atoms with van der Waals surface area (Å²) in [7, 11) is 0. The Morgan fingerprint density at radius 3 is 2.63 bits per heavy atom. The predicted molar refractivity (Wildman–Crippen MR) is 71.9 cm³/mol. The molecule has 1 aromatic carbocycles. The van der Waals surface area contributed by atoms with Crippen LogP contribution in [0.25, 0.3) is 0 Å². The van der Waals surface area contributed by atoms with Gasteiger partial charge in [-0.1, -0.05) is 36.7 Å². The van der Waals surface area contributed by atoms with Crippen molar-refractivity contribution in [2.45, 2.75) is 25.8 Å². The fraction of sp³-hybridized carbons (Fsp3) is 0.429. The van der Waals surface area contributed by atoms with E-state index in [4.69, 9.17) is 16.7 Å². The molecule has 0 saturated heterocycles. The molecular weight excluding hydrogens is 266 g/mol. The van der Waals surface area contributed by atoms with Crippen LogP contribution in [0.1, 0.15) is 31.4 Å². The number of benzene rings is 1. The van der Waals surface area contributed by atoms with Gasteiger partial charge in [0.15, 0.2) is 0 Å². The summed E-state index contributed by atoms with van der Waals surface area (Å²) in [6, 6.07) is 6.41. The summed E-state index contributed by atoms with van der Waals surface area (Å²) in [5, 5.41) is 12.2. The molecule has 1 aliphatic rings. The van der Waals surface area contributed by atoms with E-state index in [1.165, 1.54) is 0 Å². The zero-order valence-corrected chi connectivity index (χ0v) is 11.4. The molecule has 3 atom stereocenters. The molecule has 1 saturated carbocycles. The van der Waals surface area contributed by atoms with E-state index < -0.39 is 12.0 Å². The van der Waals surface area contributed by atoms with Gasteiger partial charge >= 0.3 is 5.97 Å². The van der Waals surface area contributed by atoms with Crippen LogP contribution in [-0.4, -0.2) is 17.0 Å². The van der Waals surface area contributed by atoms with Crippen LogP contribution in [0, 0.1) is 11.8 Å². The van der Waals surface area contributed by atoms with Gasteiger partial charge in [0.1, 0.15) is 0 Å². The first kappa shape index (κ1) is 13.9. The van der Waals surface area contributed by atoms with Crippen molar-refractivity contribution in [1.82, 2.24) is 5.32 Å². The van der Waals surface area contributed by atoms with Crippen molar-refractivity contribution in [3.8, 4) is 0 Å². The van der Waals surface area contributed by atoms with E-state index in [1.807, 2.05) is 6.92 Å². The minimum absolute atomic E-state index is 0.0128. The number of hydrogen-bond acceptors (Lipinski definition) is 2. The molecule has 0 bridgehead atoms. The summed E-state index contributed by atoms with van der Waals surface area (Å²) in [6.45, 7) is 2.01. The van der Waals surface area contributed by atoms with E-state index in [-0.39, 0.29) is 18.2 Å². The number of amides is 1. The standard InChI is InChI=1S/C14H16ClNO3/c1-8-6-10(8)14(19)16-12(7-13(17)18)9-4-2-3-5-11(9)15/h2-5,8,10,12H,6-7H2,1H3,(H,16,19)(H,17,18)/t8-,10-,12+/m1/s1. The summed E-state index contributed by atoms with van der Waals surface area (Å²) in [5.74, 6) is -0.650. The largest absolute Gasteiger partial charge is 0.481 e. The van der Waals surface area contributed by atoms with E-state index in [9.17, 15) is 9.59 Å². The van der Waals surface area contributed by atoms with E-state index in [0.717, 1.165) is 6.42 Å². The number of carboxylic acids is 1. The summed E-state index contributed by atoms with van der Waals surface area (Å²) >= 11 is 6.07. The number of nitrogens with one attached hydrogen (secondary N) is 1. The van der Waals surface area contributed by atoms with Gasteiger partial charge in [-0.25, -0.2) is 0 Å². The molecule has 2 rings (SSSR count). The number of rotatable bonds is 5. The first-order valence-electron chi connectivity index (χ1n) is 6.25. The average Bonchev–Trinajstić information content (AvgIpc) is 3.06. The molecule has 0 aliphatic heterocycles. The van der Waals surface area contributed by atoms with Crippen LogP contribution in [-0.2, 0) is 9.59 Å². The lowest BCUT2D eigenvalue weighted by Crippen LogP contribution is -2.31. The number of halogens is 1. The monoisotopic (exact) mass is 281 g/mol. The smallest absolute Gasteiger partial charge is 0.305 e. The summed E-state index contributed by atoms with van der Waals surface area (Å²) in [6.07, 6.45) is 0.699. The quantitative estimate of drug-likeness (QED) is 0.872. The Balaban J connectivity index is 2.14. The molecule has 4 nitrogen and oxygen atoms in total. The van der Waals surface area contributed by atoms with Crippen LogP contribution in [0.3, 0.4) is 0 Å². The van der Waals surface area contributed by atoms with Crippen molar-refractivity contribution >= 4 is 23.5 Å². The second-order valence-corrected chi connectivity index (χ2v) is 5.41. The van der Waals surface area contributed by atoms with Gasteiger partial charge in [-0.3, -0.25) is 9.59 Å². The average molecular weight is 282 g/mol. The number of carboxylic acid groups (broad SMARTS) is 1. The van der Waals surface area contributed by atoms with Crippen molar-refractivity contribution in [1.29, 1.82) is 0 Å². The molecule has 5 heteroatoms. The van der Waals surface area contributed by atoms with Gasteiger partial charge in [0.25, 0.3) is 0 Å². The molecule has 0 unspecified atom stereocenters. The minimum atomic E-state index is -0.964. The van der Waals surface area contributed by atoms with Gasteiger partial charge in [0.2, 0.25) is 5.91 Å². The highest BCUT2D eigenvalue weighted by atomic mass is 35.5. The van der Waals surface area contributed by atoms with Crippen LogP contribution >= 0.6 is 11.6 Å². The fourth-order valence-electron chi connectivity index (χ4n) is 2.14. The van der Waals surface area contributed by atoms with E-state index in [0.29, 0.717) is 16.5 Å². The molecule has 1 aliphatic carbocycles. The molecule has 1 amide bonds. The molecule has 0 spiro atoms. The molecule has 1 fully saturated rings. The van der Waals surface area contributed by atoms with Crippen molar-refractivity contribution < 1.29 is 14.7 Å². The highest BCUT2D eigenvalue weighted by Gasteiger charge is 2.40. The van der Waals surface area contributed by atoms with Crippen LogP contribution in [0.5, 0.6) is 0 Å². The highest BCUT2D eigenvalue weighted by Crippen LogP contribution is 2.38. The van der Waals surface area contributed by atoms with E-state index >= 15 is 0 Å². The Labute approximate surface area is 116 Å². The Morgan fingerprint density at radius 2 is 2.11 bits per heavy atom. The lowest BCUT2D eigenvalue weighted by Gasteiger charge is -2.18. The van der Waals surface area contributed by atoms with Crippen molar-refractivity contribution in [3.63, 3.8) is 0 Å². The highest BCUT2D eigenvalue weighted by molar-refractivity contribution is 6.31. The van der Waals surface area contributed by atoms with Crippen LogP contribution in [0.15, 0.2) is 24.3 Å². The van der Waals surface area contributed by atoms with Gasteiger partial charge in [-0.15, -0.1) is 0 Å². The fourth-order valence-corrected chi connectivity index (χ4v) is 2.40. The van der Waals surface area contributed by atoms with Gasteiger partial charge in [0.05, 0.1) is 12.5 Å². The van der Waals surface area contributed by atoms with Crippen molar-refractivity contribution in [2.24, 2.45) is 11.8 Å². The zero-order valence-electron chi connectivity index (χ0n) is 10.6. The third-order valence-corrected chi connectivity index (χ3v) is 3.77. The first-order chi connectivity index (χ1) is 8.99. The second kappa shape index (κ2) is 5.61. The molecule has 0 heterocycles. The van der Waals surface area contributed by atoms with Gasteiger partial charge in [-0.2, -0.15) is 0 Å².